The second kappa shape index (κ2) is 15.3. The number of carbonyl (C=O) groups excluding carboxylic acids is 4. The van der Waals surface area contributed by atoms with Crippen LogP contribution in [0.1, 0.15) is 52.4 Å². The Morgan fingerprint density at radius 1 is 1.14 bits per heavy atom. The Kier molecular flexibility index (Phi) is 13.7. The van der Waals surface area contributed by atoms with Gasteiger partial charge in [-0.2, -0.15) is 0 Å². The molecule has 0 aliphatic carbocycles. The smallest absolute Gasteiger partial charge is 0.312 e. The molecule has 2 atom stereocenters. The summed E-state index contributed by atoms with van der Waals surface area (Å²) < 4.78 is 0. The number of rotatable bonds is 15. The minimum absolute atomic E-state index is 0.155. The summed E-state index contributed by atoms with van der Waals surface area (Å²) in [7, 11) is 0. The van der Waals surface area contributed by atoms with Crippen LogP contribution in [0.2, 0.25) is 0 Å². The van der Waals surface area contributed by atoms with E-state index in [-0.39, 0.29) is 18.2 Å². The Balaban J connectivity index is 4.40. The van der Waals surface area contributed by atoms with Gasteiger partial charge in [0, 0.05) is 24.4 Å². The van der Waals surface area contributed by atoms with Crippen LogP contribution < -0.4 is 21.7 Å². The average Bonchev–Trinajstić information content (AvgIpc) is 2.64. The predicted octanol–water partition coefficient (Wildman–Crippen LogP) is 1.13. The fraction of sp³-hybridized carbons (Fsp3) is 0.765. The highest BCUT2D eigenvalue weighted by Gasteiger charge is 2.25. The zero-order valence-electron chi connectivity index (χ0n) is 16.5. The van der Waals surface area contributed by atoms with Crippen LogP contribution in [0.3, 0.4) is 0 Å². The number of hydrogen-bond donors (Lipinski definition) is 4. The van der Waals surface area contributed by atoms with Crippen molar-refractivity contribution in [3.63, 3.8) is 0 Å². The third kappa shape index (κ3) is 12.5. The molecule has 0 bridgehead atoms. The summed E-state index contributed by atoms with van der Waals surface area (Å²) in [5.41, 5.74) is 13.1. The number of primary amides is 1. The lowest BCUT2D eigenvalue weighted by atomic mass is 10.0. The average molecular weight is 397 g/mol. The van der Waals surface area contributed by atoms with E-state index in [9.17, 15) is 19.2 Å². The van der Waals surface area contributed by atoms with E-state index in [1.54, 1.807) is 13.8 Å². The summed E-state index contributed by atoms with van der Waals surface area (Å²) >= 11 is 0. The number of amides is 4. The van der Waals surface area contributed by atoms with Gasteiger partial charge in [0.1, 0.15) is 12.3 Å². The number of carbonyl (C=O) groups is 4. The van der Waals surface area contributed by atoms with Crippen LogP contribution in [0.15, 0.2) is 5.11 Å². The van der Waals surface area contributed by atoms with Crippen LogP contribution in [-0.4, -0.2) is 49.3 Å². The maximum Gasteiger partial charge on any atom is 0.312 e. The third-order valence-electron chi connectivity index (χ3n) is 3.97. The molecular weight excluding hydrogens is 366 g/mol. The fourth-order valence-electron chi connectivity index (χ4n) is 2.45. The summed E-state index contributed by atoms with van der Waals surface area (Å²) in [5.74, 6) is -0.824. The maximum atomic E-state index is 12.5. The van der Waals surface area contributed by atoms with Gasteiger partial charge in [-0.15, -0.1) is 0 Å². The molecule has 0 aliphatic rings. The van der Waals surface area contributed by atoms with Crippen LogP contribution in [0.25, 0.3) is 10.4 Å². The zero-order chi connectivity index (χ0) is 21.4. The number of unbranched alkanes of at least 4 members (excludes halogenated alkanes) is 2. The van der Waals surface area contributed by atoms with Crippen LogP contribution in [0.4, 0.5) is 4.79 Å². The summed E-state index contributed by atoms with van der Waals surface area (Å²) in [6.45, 7) is 4.31. The van der Waals surface area contributed by atoms with Crippen molar-refractivity contribution in [2.24, 2.45) is 16.8 Å². The van der Waals surface area contributed by atoms with E-state index in [2.05, 4.69) is 26.0 Å². The van der Waals surface area contributed by atoms with Gasteiger partial charge in [0.15, 0.2) is 0 Å². The van der Waals surface area contributed by atoms with E-state index >= 15 is 0 Å². The van der Waals surface area contributed by atoms with Crippen molar-refractivity contribution in [3.8, 4) is 0 Å². The van der Waals surface area contributed by atoms with Crippen molar-refractivity contribution in [1.82, 2.24) is 16.0 Å². The highest BCUT2D eigenvalue weighted by atomic mass is 16.2. The van der Waals surface area contributed by atoms with E-state index in [0.717, 1.165) is 6.42 Å². The van der Waals surface area contributed by atoms with Gasteiger partial charge in [-0.3, -0.25) is 9.59 Å². The molecule has 4 amide bonds. The van der Waals surface area contributed by atoms with Gasteiger partial charge in [-0.1, -0.05) is 25.4 Å². The van der Waals surface area contributed by atoms with Crippen LogP contribution in [0, 0.1) is 5.92 Å². The minimum Gasteiger partial charge on any atom is -0.352 e. The summed E-state index contributed by atoms with van der Waals surface area (Å²) in [5, 5.41) is 11.2. The number of hydrogen-bond acceptors (Lipinski definition) is 5. The molecule has 0 rings (SSSR count). The van der Waals surface area contributed by atoms with E-state index in [0.29, 0.717) is 45.1 Å². The highest BCUT2D eigenvalue weighted by Crippen LogP contribution is 2.06. The molecule has 0 heterocycles. The molecule has 0 aromatic heterocycles. The number of nitrogens with two attached hydrogens (primary N) is 1. The lowest BCUT2D eigenvalue weighted by Crippen LogP contribution is -2.52. The first-order valence-corrected chi connectivity index (χ1v) is 9.41. The quantitative estimate of drug-likeness (QED) is 0.106. The monoisotopic (exact) mass is 397 g/mol. The molecule has 0 spiro atoms. The molecule has 5 N–H and O–H groups in total. The molecular formula is C17H31N7O4. The molecule has 28 heavy (non-hydrogen) atoms. The number of nitrogens with one attached hydrogen (secondary N) is 3. The van der Waals surface area contributed by atoms with Gasteiger partial charge in [0.05, 0.1) is 6.04 Å². The molecule has 2 unspecified atom stereocenters. The first kappa shape index (κ1) is 25.2. The summed E-state index contributed by atoms with van der Waals surface area (Å²) in [4.78, 5) is 49.0. The van der Waals surface area contributed by atoms with Gasteiger partial charge in [-0.05, 0) is 37.1 Å². The SMILES string of the molecule is CC(C)C(NC(=O)CCCCCN=[N+]=[N-])C(=O)NC(C=O)CCCNC(N)=O. The van der Waals surface area contributed by atoms with Crippen LogP contribution in [0.5, 0.6) is 0 Å². The van der Waals surface area contributed by atoms with Gasteiger partial charge in [-0.25, -0.2) is 4.79 Å². The van der Waals surface area contributed by atoms with E-state index in [1.807, 2.05) is 0 Å². The van der Waals surface area contributed by atoms with Crippen molar-refractivity contribution in [1.29, 1.82) is 0 Å². The normalized spacial score (nSPS) is 12.4. The lowest BCUT2D eigenvalue weighted by Gasteiger charge is -2.23. The Hall–Kier alpha value is -2.81. The van der Waals surface area contributed by atoms with Gasteiger partial charge in [0.25, 0.3) is 0 Å². The van der Waals surface area contributed by atoms with Crippen molar-refractivity contribution in [2.45, 2.75) is 64.5 Å². The first-order valence-electron chi connectivity index (χ1n) is 9.41. The Morgan fingerprint density at radius 3 is 2.43 bits per heavy atom. The number of aldehydes is 1. The molecule has 0 aromatic carbocycles. The van der Waals surface area contributed by atoms with Gasteiger partial charge < -0.3 is 26.5 Å². The molecule has 0 saturated carbocycles. The molecule has 11 heteroatoms. The molecule has 0 aliphatic heterocycles. The van der Waals surface area contributed by atoms with Gasteiger partial charge in [0.2, 0.25) is 11.8 Å². The van der Waals surface area contributed by atoms with Crippen molar-refractivity contribution < 1.29 is 19.2 Å². The number of nitrogens with zero attached hydrogens (tertiary/aromatic N) is 3. The summed E-state index contributed by atoms with van der Waals surface area (Å²) in [6.07, 6.45) is 3.80. The summed E-state index contributed by atoms with van der Waals surface area (Å²) in [6, 6.07) is -2.10. The topological polar surface area (TPSA) is 179 Å². The molecule has 0 fully saturated rings. The van der Waals surface area contributed by atoms with Crippen molar-refractivity contribution >= 4 is 24.1 Å². The maximum absolute atomic E-state index is 12.5. The second-order valence-electron chi connectivity index (χ2n) is 6.74. The van der Waals surface area contributed by atoms with E-state index in [1.165, 1.54) is 0 Å². The van der Waals surface area contributed by atoms with Crippen LogP contribution in [-0.2, 0) is 14.4 Å². The lowest BCUT2D eigenvalue weighted by molar-refractivity contribution is -0.131. The molecule has 0 saturated heterocycles. The zero-order valence-corrected chi connectivity index (χ0v) is 16.5. The Bertz CT molecular complexity index is 562. The Morgan fingerprint density at radius 2 is 1.86 bits per heavy atom. The van der Waals surface area contributed by atoms with Crippen molar-refractivity contribution in [3.05, 3.63) is 10.4 Å². The first-order chi connectivity index (χ1) is 13.3. The molecule has 0 radical (unpaired) electrons. The van der Waals surface area contributed by atoms with Crippen molar-refractivity contribution in [2.75, 3.05) is 13.1 Å². The molecule has 11 nitrogen and oxygen atoms in total. The van der Waals surface area contributed by atoms with Crippen LogP contribution >= 0.6 is 0 Å². The largest absolute Gasteiger partial charge is 0.352 e. The number of azide groups is 1. The predicted molar refractivity (Wildman–Crippen MR) is 104 cm³/mol. The highest BCUT2D eigenvalue weighted by molar-refractivity contribution is 5.89. The second-order valence-corrected chi connectivity index (χ2v) is 6.74. The minimum atomic E-state index is -0.748. The molecule has 0 aromatic rings. The fourth-order valence-corrected chi connectivity index (χ4v) is 2.45. The van der Waals surface area contributed by atoms with E-state index < -0.39 is 24.0 Å². The third-order valence-corrected chi connectivity index (χ3v) is 3.97. The Labute approximate surface area is 164 Å². The van der Waals surface area contributed by atoms with E-state index in [4.69, 9.17) is 11.3 Å². The number of urea groups is 1. The van der Waals surface area contributed by atoms with Gasteiger partial charge >= 0.3 is 6.03 Å². The molecule has 158 valence electrons. The standard InChI is InChI=1S/C17H31N7O4/c1-12(2)15(23-14(26)8-4-3-5-10-21-24-19)16(27)22-13(11-25)7-6-9-20-17(18)28/h11-13,15H,3-10H2,1-2H3,(H,22,27)(H,23,26)(H3,18,20,28).